The first kappa shape index (κ1) is 17.6. The van der Waals surface area contributed by atoms with Gasteiger partial charge in [0.15, 0.2) is 0 Å². The number of amides is 1. The van der Waals surface area contributed by atoms with Crippen molar-refractivity contribution in [2.45, 2.75) is 71.9 Å². The summed E-state index contributed by atoms with van der Waals surface area (Å²) in [5.74, 6) is 0. The van der Waals surface area contributed by atoms with E-state index in [1.807, 2.05) is 45.0 Å². The Bertz CT molecular complexity index is 529. The van der Waals surface area contributed by atoms with Crippen LogP contribution in [0.3, 0.4) is 0 Å². The minimum absolute atomic E-state index is 0.325. The number of hydrogen-bond donors (Lipinski definition) is 2. The van der Waals surface area contributed by atoms with E-state index in [0.717, 1.165) is 11.4 Å². The lowest BCUT2D eigenvalue weighted by Crippen LogP contribution is -2.38. The molecule has 0 radical (unpaired) electrons. The molecule has 0 heterocycles. The Kier molecular flexibility index (Phi) is 5.23. The van der Waals surface area contributed by atoms with Crippen molar-refractivity contribution in [3.8, 4) is 0 Å². The largest absolute Gasteiger partial charge is 0.444 e. The molecule has 128 valence electrons. The smallest absolute Gasteiger partial charge is 0.412 e. The lowest BCUT2D eigenvalue weighted by molar-refractivity contribution is 0.0636. The fourth-order valence-electron chi connectivity index (χ4n) is 3.03. The Labute approximate surface area is 140 Å². The molecule has 1 amide bonds. The van der Waals surface area contributed by atoms with E-state index in [9.17, 15) is 4.79 Å². The van der Waals surface area contributed by atoms with Gasteiger partial charge in [-0.1, -0.05) is 26.7 Å². The summed E-state index contributed by atoms with van der Waals surface area (Å²) in [5.41, 5.74) is 1.68. The maximum absolute atomic E-state index is 11.8. The molecule has 23 heavy (non-hydrogen) atoms. The number of nitrogens with one attached hydrogen (secondary N) is 2. The van der Waals surface area contributed by atoms with Crippen molar-refractivity contribution in [2.24, 2.45) is 5.41 Å². The van der Waals surface area contributed by atoms with E-state index in [4.69, 9.17) is 4.74 Å². The first-order chi connectivity index (χ1) is 10.7. The average Bonchev–Trinajstić information content (AvgIpc) is 2.41. The number of ether oxygens (including phenoxy) is 1. The average molecular weight is 318 g/mol. The first-order valence-electron chi connectivity index (χ1n) is 8.52. The highest BCUT2D eigenvalue weighted by Crippen LogP contribution is 2.37. The van der Waals surface area contributed by atoms with Gasteiger partial charge in [-0.3, -0.25) is 5.32 Å². The van der Waals surface area contributed by atoms with Crippen molar-refractivity contribution < 1.29 is 9.53 Å². The zero-order chi connectivity index (χ0) is 17.1. The van der Waals surface area contributed by atoms with Crippen LogP contribution in [-0.4, -0.2) is 17.7 Å². The Hall–Kier alpha value is -1.71. The molecule has 1 aromatic carbocycles. The standard InChI is InChI=1S/C19H30N2O2/c1-18(2,3)23-17(22)21-15-11-9-14(10-12-15)20-16-8-6-7-13-19(16,4)5/h9-12,16,20H,6-8,13H2,1-5H3,(H,21,22). The van der Waals surface area contributed by atoms with Gasteiger partial charge in [-0.15, -0.1) is 0 Å². The Morgan fingerprint density at radius 1 is 1.13 bits per heavy atom. The molecule has 1 fully saturated rings. The molecule has 2 rings (SSSR count). The van der Waals surface area contributed by atoms with E-state index in [2.05, 4.69) is 24.5 Å². The van der Waals surface area contributed by atoms with E-state index in [-0.39, 0.29) is 0 Å². The molecule has 1 saturated carbocycles. The van der Waals surface area contributed by atoms with E-state index >= 15 is 0 Å². The van der Waals surface area contributed by atoms with Crippen LogP contribution in [-0.2, 0) is 4.74 Å². The highest BCUT2D eigenvalue weighted by atomic mass is 16.6. The number of hydrogen-bond acceptors (Lipinski definition) is 3. The van der Waals surface area contributed by atoms with Crippen LogP contribution in [0.25, 0.3) is 0 Å². The SMILES string of the molecule is CC(C)(C)OC(=O)Nc1ccc(NC2CCCCC2(C)C)cc1. The highest BCUT2D eigenvalue weighted by Gasteiger charge is 2.31. The van der Waals surface area contributed by atoms with Crippen LogP contribution >= 0.6 is 0 Å². The lowest BCUT2D eigenvalue weighted by Gasteiger charge is -2.39. The second-order valence-electron chi connectivity index (χ2n) is 8.14. The molecule has 1 unspecified atom stereocenters. The van der Waals surface area contributed by atoms with Gasteiger partial charge in [-0.25, -0.2) is 4.79 Å². The second kappa shape index (κ2) is 6.81. The van der Waals surface area contributed by atoms with Gasteiger partial charge in [0.1, 0.15) is 5.60 Å². The summed E-state index contributed by atoms with van der Waals surface area (Å²) in [6.45, 7) is 10.2. The zero-order valence-electron chi connectivity index (χ0n) is 15.0. The Morgan fingerprint density at radius 3 is 2.30 bits per heavy atom. The first-order valence-corrected chi connectivity index (χ1v) is 8.52. The number of anilines is 2. The molecule has 0 saturated heterocycles. The van der Waals surface area contributed by atoms with Crippen molar-refractivity contribution >= 4 is 17.5 Å². The fraction of sp³-hybridized carbons (Fsp3) is 0.632. The monoisotopic (exact) mass is 318 g/mol. The molecule has 0 aliphatic heterocycles. The summed E-state index contributed by atoms with van der Waals surface area (Å²) >= 11 is 0. The van der Waals surface area contributed by atoms with Crippen LogP contribution in [0.4, 0.5) is 16.2 Å². The third kappa shape index (κ3) is 5.45. The van der Waals surface area contributed by atoms with Crippen molar-refractivity contribution in [1.82, 2.24) is 0 Å². The Morgan fingerprint density at radius 2 is 1.74 bits per heavy atom. The van der Waals surface area contributed by atoms with Gasteiger partial charge in [0, 0.05) is 17.4 Å². The van der Waals surface area contributed by atoms with Gasteiger partial charge < -0.3 is 10.1 Å². The predicted octanol–water partition coefficient (Wildman–Crippen LogP) is 5.41. The normalized spacial score (nSPS) is 20.7. The summed E-state index contributed by atoms with van der Waals surface area (Å²) < 4.78 is 5.26. The molecule has 0 aromatic heterocycles. The second-order valence-corrected chi connectivity index (χ2v) is 8.14. The summed E-state index contributed by atoms with van der Waals surface area (Å²) in [7, 11) is 0. The number of rotatable bonds is 3. The molecule has 1 atom stereocenters. The third-order valence-electron chi connectivity index (χ3n) is 4.38. The van der Waals surface area contributed by atoms with E-state index < -0.39 is 11.7 Å². The molecule has 0 spiro atoms. The molecule has 2 N–H and O–H groups in total. The van der Waals surface area contributed by atoms with Gasteiger partial charge in [0.05, 0.1) is 0 Å². The number of benzene rings is 1. The molecule has 4 heteroatoms. The molecule has 1 aromatic rings. The molecule has 1 aliphatic rings. The van der Waals surface area contributed by atoms with Crippen LogP contribution in [0.5, 0.6) is 0 Å². The van der Waals surface area contributed by atoms with Gasteiger partial charge in [0.25, 0.3) is 0 Å². The van der Waals surface area contributed by atoms with Crippen LogP contribution in [0.1, 0.15) is 60.3 Å². The van der Waals surface area contributed by atoms with E-state index in [0.29, 0.717) is 11.5 Å². The fourth-order valence-corrected chi connectivity index (χ4v) is 3.03. The van der Waals surface area contributed by atoms with Crippen molar-refractivity contribution in [3.05, 3.63) is 24.3 Å². The van der Waals surface area contributed by atoms with E-state index in [1.54, 1.807) is 0 Å². The van der Waals surface area contributed by atoms with Crippen LogP contribution in [0, 0.1) is 5.41 Å². The molecule has 1 aliphatic carbocycles. The van der Waals surface area contributed by atoms with Crippen LogP contribution < -0.4 is 10.6 Å². The van der Waals surface area contributed by atoms with Crippen molar-refractivity contribution in [1.29, 1.82) is 0 Å². The third-order valence-corrected chi connectivity index (χ3v) is 4.38. The Balaban J connectivity index is 1.93. The predicted molar refractivity (Wildman–Crippen MR) is 96.0 cm³/mol. The van der Waals surface area contributed by atoms with E-state index in [1.165, 1.54) is 25.7 Å². The van der Waals surface area contributed by atoms with Crippen LogP contribution in [0.15, 0.2) is 24.3 Å². The van der Waals surface area contributed by atoms with Gasteiger partial charge in [0.2, 0.25) is 0 Å². The molecule has 4 nitrogen and oxygen atoms in total. The maximum atomic E-state index is 11.8. The van der Waals surface area contributed by atoms with Gasteiger partial charge >= 0.3 is 6.09 Å². The molecular formula is C19H30N2O2. The maximum Gasteiger partial charge on any atom is 0.412 e. The minimum atomic E-state index is -0.488. The number of carbonyl (C=O) groups is 1. The molecular weight excluding hydrogens is 288 g/mol. The summed E-state index contributed by atoms with van der Waals surface area (Å²) in [6.07, 6.45) is 4.67. The summed E-state index contributed by atoms with van der Waals surface area (Å²) in [4.78, 5) is 11.8. The minimum Gasteiger partial charge on any atom is -0.444 e. The topological polar surface area (TPSA) is 50.4 Å². The number of carbonyl (C=O) groups excluding carboxylic acids is 1. The lowest BCUT2D eigenvalue weighted by atomic mass is 9.73. The summed E-state index contributed by atoms with van der Waals surface area (Å²) in [5, 5.41) is 6.40. The van der Waals surface area contributed by atoms with Gasteiger partial charge in [-0.05, 0) is 63.3 Å². The highest BCUT2D eigenvalue weighted by molar-refractivity contribution is 5.85. The van der Waals surface area contributed by atoms with Gasteiger partial charge in [-0.2, -0.15) is 0 Å². The van der Waals surface area contributed by atoms with Crippen LogP contribution in [0.2, 0.25) is 0 Å². The summed E-state index contributed by atoms with van der Waals surface area (Å²) in [6, 6.07) is 8.33. The van der Waals surface area contributed by atoms with Crippen molar-refractivity contribution in [2.75, 3.05) is 10.6 Å². The quantitative estimate of drug-likeness (QED) is 0.783. The zero-order valence-corrected chi connectivity index (χ0v) is 15.0. The van der Waals surface area contributed by atoms with Crippen molar-refractivity contribution in [3.63, 3.8) is 0 Å². The molecule has 0 bridgehead atoms.